The molecule has 2 nitrogen and oxygen atoms in total. The molecule has 2 aliphatic rings. The van der Waals surface area contributed by atoms with E-state index in [2.05, 4.69) is 13.8 Å². The van der Waals surface area contributed by atoms with Gasteiger partial charge in [0, 0.05) is 16.5 Å². The van der Waals surface area contributed by atoms with Gasteiger partial charge in [-0.05, 0) is 79.3 Å². The summed E-state index contributed by atoms with van der Waals surface area (Å²) in [6, 6.07) is 0. The van der Waals surface area contributed by atoms with Gasteiger partial charge < -0.3 is 0 Å². The van der Waals surface area contributed by atoms with Crippen molar-refractivity contribution in [3.05, 3.63) is 44.5 Å². The van der Waals surface area contributed by atoms with Crippen molar-refractivity contribution in [2.45, 2.75) is 40.5 Å². The van der Waals surface area contributed by atoms with Crippen molar-refractivity contribution in [1.82, 2.24) is 0 Å². The highest BCUT2D eigenvalue weighted by molar-refractivity contribution is 6.58. The van der Waals surface area contributed by atoms with Crippen LogP contribution in [0.25, 0.3) is 10.8 Å². The zero-order valence-electron chi connectivity index (χ0n) is 12.2. The first-order valence-corrected chi connectivity index (χ1v) is 7.12. The Balaban J connectivity index is 2.41. The summed E-state index contributed by atoms with van der Waals surface area (Å²) >= 11 is 0. The summed E-state index contributed by atoms with van der Waals surface area (Å²) in [6.45, 7) is 8.13. The lowest BCUT2D eigenvalue weighted by Crippen LogP contribution is -2.09. The van der Waals surface area contributed by atoms with E-state index in [0.717, 1.165) is 29.4 Å². The molecule has 0 unspecified atom stereocenters. The van der Waals surface area contributed by atoms with Crippen molar-refractivity contribution < 1.29 is 9.59 Å². The number of carbonyl (C=O) groups excluding carboxylic acids is 2. The van der Waals surface area contributed by atoms with E-state index in [9.17, 15) is 9.59 Å². The van der Waals surface area contributed by atoms with Gasteiger partial charge in [0.15, 0.2) is 0 Å². The SMILES string of the molecule is Cc1c(C)c2c3c(c(C)c(C)c4c3c1CC4)C(=O)C2=O. The molecular weight excluding hydrogens is 248 g/mol. The summed E-state index contributed by atoms with van der Waals surface area (Å²) in [7, 11) is 0. The number of carbonyl (C=O) groups is 2. The van der Waals surface area contributed by atoms with Crippen LogP contribution in [0.4, 0.5) is 0 Å². The Morgan fingerprint density at radius 2 is 1.00 bits per heavy atom. The topological polar surface area (TPSA) is 34.1 Å². The number of Topliss-reactive ketones (excluding diaryl/α,β-unsaturated/α-hetero) is 2. The molecule has 0 bridgehead atoms. The predicted molar refractivity (Wildman–Crippen MR) is 79.0 cm³/mol. The van der Waals surface area contributed by atoms with Gasteiger partial charge in [-0.1, -0.05) is 0 Å². The molecule has 0 N–H and O–H groups in total. The van der Waals surface area contributed by atoms with Gasteiger partial charge in [-0.3, -0.25) is 9.59 Å². The van der Waals surface area contributed by atoms with Crippen molar-refractivity contribution in [2.75, 3.05) is 0 Å². The summed E-state index contributed by atoms with van der Waals surface area (Å²) < 4.78 is 0. The standard InChI is InChI=1S/C18H16O2/c1-7-9(3)13-16-14(18(20)17(13)19)10(4)8(2)12-6-5-11(7)15(12)16/h5-6H2,1-4H3. The molecule has 0 saturated heterocycles. The average Bonchev–Trinajstić information content (AvgIpc) is 2.95. The van der Waals surface area contributed by atoms with Crippen molar-refractivity contribution in [3.63, 3.8) is 0 Å². The van der Waals surface area contributed by atoms with Crippen LogP contribution in [0.1, 0.15) is 54.1 Å². The van der Waals surface area contributed by atoms with Gasteiger partial charge in [-0.25, -0.2) is 0 Å². The minimum absolute atomic E-state index is 0.307. The highest BCUT2D eigenvalue weighted by atomic mass is 16.2. The van der Waals surface area contributed by atoms with E-state index < -0.39 is 0 Å². The predicted octanol–water partition coefficient (Wildman–Crippen LogP) is 3.55. The monoisotopic (exact) mass is 264 g/mol. The molecule has 2 aromatic carbocycles. The zero-order chi connectivity index (χ0) is 14.3. The summed E-state index contributed by atoms with van der Waals surface area (Å²) in [5, 5.41) is 2.16. The smallest absolute Gasteiger partial charge is 0.234 e. The van der Waals surface area contributed by atoms with Gasteiger partial charge >= 0.3 is 0 Å². The molecule has 100 valence electrons. The summed E-state index contributed by atoms with van der Waals surface area (Å²) in [5.74, 6) is -0.614. The third kappa shape index (κ3) is 1.04. The third-order valence-corrected chi connectivity index (χ3v) is 5.42. The maximum absolute atomic E-state index is 12.4. The summed E-state index contributed by atoms with van der Waals surface area (Å²) in [5.41, 5.74) is 8.44. The second-order valence-corrected chi connectivity index (χ2v) is 6.12. The number of rotatable bonds is 0. The molecule has 4 rings (SSSR count). The first-order valence-electron chi connectivity index (χ1n) is 7.12. The molecule has 0 radical (unpaired) electrons. The van der Waals surface area contributed by atoms with Crippen LogP contribution in [0.15, 0.2) is 0 Å². The first-order chi connectivity index (χ1) is 9.45. The van der Waals surface area contributed by atoms with E-state index in [1.54, 1.807) is 0 Å². The number of benzene rings is 2. The molecule has 0 amide bonds. The molecule has 0 heterocycles. The Morgan fingerprint density at radius 1 is 0.600 bits per heavy atom. The normalized spacial score (nSPS) is 15.8. The number of hydrogen-bond acceptors (Lipinski definition) is 2. The van der Waals surface area contributed by atoms with Crippen LogP contribution < -0.4 is 0 Å². The van der Waals surface area contributed by atoms with E-state index in [-0.39, 0.29) is 11.6 Å². The van der Waals surface area contributed by atoms with Crippen molar-refractivity contribution >= 4 is 22.3 Å². The van der Waals surface area contributed by atoms with Crippen LogP contribution in [0.3, 0.4) is 0 Å². The molecule has 0 aliphatic heterocycles. The Kier molecular flexibility index (Phi) is 2.00. The van der Waals surface area contributed by atoms with E-state index in [4.69, 9.17) is 0 Å². The van der Waals surface area contributed by atoms with Gasteiger partial charge in [-0.2, -0.15) is 0 Å². The average molecular weight is 264 g/mol. The Bertz CT molecular complexity index is 801. The maximum atomic E-state index is 12.4. The summed E-state index contributed by atoms with van der Waals surface area (Å²) in [6.07, 6.45) is 2.07. The van der Waals surface area contributed by atoms with Crippen molar-refractivity contribution in [3.8, 4) is 0 Å². The zero-order valence-corrected chi connectivity index (χ0v) is 12.2. The minimum Gasteiger partial charge on any atom is -0.285 e. The highest BCUT2D eigenvalue weighted by Crippen LogP contribution is 2.45. The largest absolute Gasteiger partial charge is 0.285 e. The molecule has 0 saturated carbocycles. The van der Waals surface area contributed by atoms with Gasteiger partial charge in [0.1, 0.15) is 0 Å². The first kappa shape index (κ1) is 11.8. The van der Waals surface area contributed by atoms with Gasteiger partial charge in [0.05, 0.1) is 0 Å². The van der Waals surface area contributed by atoms with Gasteiger partial charge in [0.25, 0.3) is 0 Å². The van der Waals surface area contributed by atoms with Crippen molar-refractivity contribution in [2.24, 2.45) is 0 Å². The quantitative estimate of drug-likeness (QED) is 0.682. The molecule has 2 aliphatic carbocycles. The Morgan fingerprint density at radius 3 is 1.40 bits per heavy atom. The lowest BCUT2D eigenvalue weighted by atomic mass is 9.88. The van der Waals surface area contributed by atoms with E-state index >= 15 is 0 Å². The number of aryl methyl sites for hydroxylation is 2. The fourth-order valence-corrected chi connectivity index (χ4v) is 4.11. The maximum Gasteiger partial charge on any atom is 0.234 e. The molecule has 20 heavy (non-hydrogen) atoms. The fraction of sp³-hybridized carbons (Fsp3) is 0.333. The van der Waals surface area contributed by atoms with Crippen LogP contribution in [0, 0.1) is 27.7 Å². The fourth-order valence-electron chi connectivity index (χ4n) is 4.11. The lowest BCUT2D eigenvalue weighted by molar-refractivity contribution is 0.0824. The molecule has 0 fully saturated rings. The second-order valence-electron chi connectivity index (χ2n) is 6.12. The molecule has 0 atom stereocenters. The van der Waals surface area contributed by atoms with Crippen LogP contribution in [-0.4, -0.2) is 11.6 Å². The van der Waals surface area contributed by atoms with Crippen LogP contribution in [0.2, 0.25) is 0 Å². The molecule has 2 heteroatoms. The van der Waals surface area contributed by atoms with Crippen molar-refractivity contribution in [1.29, 1.82) is 0 Å². The van der Waals surface area contributed by atoms with E-state index in [1.165, 1.54) is 27.6 Å². The summed E-state index contributed by atoms with van der Waals surface area (Å²) in [4.78, 5) is 24.8. The Labute approximate surface area is 117 Å². The number of hydrogen-bond donors (Lipinski definition) is 0. The Hall–Kier alpha value is -1.96. The number of ketones is 2. The van der Waals surface area contributed by atoms with Crippen LogP contribution >= 0.6 is 0 Å². The second kappa shape index (κ2) is 3.38. The lowest BCUT2D eigenvalue weighted by Gasteiger charge is -2.14. The third-order valence-electron chi connectivity index (χ3n) is 5.42. The minimum atomic E-state index is -0.307. The highest BCUT2D eigenvalue weighted by Gasteiger charge is 2.38. The van der Waals surface area contributed by atoms with Gasteiger partial charge in [-0.15, -0.1) is 0 Å². The molecule has 2 aromatic rings. The molecule has 0 aromatic heterocycles. The van der Waals surface area contributed by atoms with E-state index in [1.807, 2.05) is 13.8 Å². The molecule has 0 spiro atoms. The van der Waals surface area contributed by atoms with E-state index in [0.29, 0.717) is 11.1 Å². The van der Waals surface area contributed by atoms with Crippen LogP contribution in [0.5, 0.6) is 0 Å². The van der Waals surface area contributed by atoms with Crippen LogP contribution in [-0.2, 0) is 12.8 Å². The molecular formula is C18H16O2. The van der Waals surface area contributed by atoms with Gasteiger partial charge in [0.2, 0.25) is 11.6 Å².